The molecule has 1 nitrogen and oxygen atoms in total. The molecule has 3 heteroatoms. The maximum Gasteiger partial charge on any atom is 0.0459 e. The highest BCUT2D eigenvalue weighted by Crippen LogP contribution is 2.44. The summed E-state index contributed by atoms with van der Waals surface area (Å²) in [5, 5.41) is 5.32. The van der Waals surface area contributed by atoms with Crippen LogP contribution in [0.1, 0.15) is 57.9 Å². The highest BCUT2D eigenvalue weighted by molar-refractivity contribution is 6.36. The molecule has 118 valence electrons. The number of hydrogen-bond acceptors (Lipinski definition) is 1. The molecule has 1 N–H and O–H groups in total. The molecule has 1 aliphatic carbocycles. The van der Waals surface area contributed by atoms with Gasteiger partial charge in [-0.15, -0.1) is 0 Å². The van der Waals surface area contributed by atoms with Gasteiger partial charge in [-0.3, -0.25) is 0 Å². The fourth-order valence-corrected chi connectivity index (χ4v) is 4.32. The summed E-state index contributed by atoms with van der Waals surface area (Å²) < 4.78 is 0. The summed E-state index contributed by atoms with van der Waals surface area (Å²) in [4.78, 5) is 0. The molecule has 0 aliphatic heterocycles. The van der Waals surface area contributed by atoms with Gasteiger partial charge < -0.3 is 5.32 Å². The Kier molecular flexibility index (Phi) is 6.40. The van der Waals surface area contributed by atoms with Crippen molar-refractivity contribution in [2.75, 3.05) is 13.1 Å². The van der Waals surface area contributed by atoms with Gasteiger partial charge >= 0.3 is 0 Å². The molecule has 0 aromatic heterocycles. The Hall–Kier alpha value is -0.240. The second-order valence-electron chi connectivity index (χ2n) is 6.82. The zero-order chi connectivity index (χ0) is 15.3. The average molecular weight is 328 g/mol. The molecule has 0 radical (unpaired) electrons. The molecule has 0 atom stereocenters. The molecule has 0 saturated heterocycles. The topological polar surface area (TPSA) is 12.0 Å². The summed E-state index contributed by atoms with van der Waals surface area (Å²) in [5.74, 6) is 0.662. The van der Waals surface area contributed by atoms with Gasteiger partial charge in [0.1, 0.15) is 0 Å². The predicted molar refractivity (Wildman–Crippen MR) is 93.5 cm³/mol. The van der Waals surface area contributed by atoms with Crippen LogP contribution in [0, 0.1) is 5.92 Å². The summed E-state index contributed by atoms with van der Waals surface area (Å²) in [6.07, 6.45) is 7.56. The van der Waals surface area contributed by atoms with Gasteiger partial charge in [-0.2, -0.15) is 0 Å². The Morgan fingerprint density at radius 2 is 1.62 bits per heavy atom. The predicted octanol–water partition coefficient (Wildman–Crippen LogP) is 5.83. The van der Waals surface area contributed by atoms with Crippen molar-refractivity contribution in [3.63, 3.8) is 0 Å². The summed E-state index contributed by atoms with van der Waals surface area (Å²) in [6.45, 7) is 6.52. The van der Waals surface area contributed by atoms with Crippen molar-refractivity contribution < 1.29 is 0 Å². The first-order valence-electron chi connectivity index (χ1n) is 8.20. The molecule has 1 fully saturated rings. The number of halogens is 2. The van der Waals surface area contributed by atoms with E-state index in [2.05, 4.69) is 19.2 Å². The van der Waals surface area contributed by atoms with Crippen LogP contribution < -0.4 is 5.32 Å². The smallest absolute Gasteiger partial charge is 0.0459 e. The van der Waals surface area contributed by atoms with E-state index in [1.54, 1.807) is 0 Å². The van der Waals surface area contributed by atoms with Crippen LogP contribution in [0.3, 0.4) is 0 Å². The number of nitrogens with one attached hydrogen (secondary N) is 1. The Balaban J connectivity index is 2.30. The quantitative estimate of drug-likeness (QED) is 0.670. The van der Waals surface area contributed by atoms with E-state index in [0.29, 0.717) is 5.92 Å². The molecule has 1 aromatic carbocycles. The van der Waals surface area contributed by atoms with Crippen LogP contribution in [-0.2, 0) is 5.41 Å². The van der Waals surface area contributed by atoms with Crippen LogP contribution >= 0.6 is 23.2 Å². The standard InChI is InChI=1S/C18H27Cl2N/c1-14(2)12-21-13-18(10-5-3-4-6-11-18)17-15(19)8-7-9-16(17)20/h7-9,14,21H,3-6,10-13H2,1-2H3. The average Bonchev–Trinajstić information content (AvgIpc) is 2.64. The van der Waals surface area contributed by atoms with E-state index in [9.17, 15) is 0 Å². The van der Waals surface area contributed by atoms with Gasteiger partial charge in [0.05, 0.1) is 0 Å². The van der Waals surface area contributed by atoms with Crippen molar-refractivity contribution in [3.8, 4) is 0 Å². The highest BCUT2D eigenvalue weighted by Gasteiger charge is 2.35. The van der Waals surface area contributed by atoms with Crippen LogP contribution in [0.15, 0.2) is 18.2 Å². The van der Waals surface area contributed by atoms with Gasteiger partial charge in [0, 0.05) is 22.0 Å². The molecule has 0 amide bonds. The van der Waals surface area contributed by atoms with E-state index in [-0.39, 0.29) is 5.41 Å². The monoisotopic (exact) mass is 327 g/mol. The van der Waals surface area contributed by atoms with Crippen molar-refractivity contribution in [2.45, 2.75) is 57.8 Å². The molecule has 1 aromatic rings. The Bertz CT molecular complexity index is 428. The molecule has 0 heterocycles. The number of rotatable bonds is 5. The van der Waals surface area contributed by atoms with E-state index in [1.165, 1.54) is 44.1 Å². The molecule has 2 rings (SSSR count). The van der Waals surface area contributed by atoms with Crippen molar-refractivity contribution >= 4 is 23.2 Å². The van der Waals surface area contributed by atoms with Crippen molar-refractivity contribution in [2.24, 2.45) is 5.92 Å². The lowest BCUT2D eigenvalue weighted by Crippen LogP contribution is -2.39. The van der Waals surface area contributed by atoms with E-state index in [1.807, 2.05) is 18.2 Å². The molecule has 0 unspecified atom stereocenters. The summed E-state index contributed by atoms with van der Waals surface area (Å²) >= 11 is 13.1. The van der Waals surface area contributed by atoms with E-state index < -0.39 is 0 Å². The highest BCUT2D eigenvalue weighted by atomic mass is 35.5. The second-order valence-corrected chi connectivity index (χ2v) is 7.63. The molecular formula is C18H27Cl2N. The van der Waals surface area contributed by atoms with Crippen LogP contribution in [0.2, 0.25) is 10.0 Å². The van der Waals surface area contributed by atoms with Gasteiger partial charge in [-0.05, 0) is 43.0 Å². The SMILES string of the molecule is CC(C)CNCC1(c2c(Cl)cccc2Cl)CCCCCC1. The minimum absolute atomic E-state index is 0.0980. The zero-order valence-electron chi connectivity index (χ0n) is 13.2. The van der Waals surface area contributed by atoms with Crippen molar-refractivity contribution in [1.29, 1.82) is 0 Å². The van der Waals surface area contributed by atoms with E-state index in [0.717, 1.165) is 23.1 Å². The van der Waals surface area contributed by atoms with E-state index >= 15 is 0 Å². The third-order valence-electron chi connectivity index (χ3n) is 4.57. The number of benzene rings is 1. The molecule has 21 heavy (non-hydrogen) atoms. The van der Waals surface area contributed by atoms with Gasteiger partial charge in [0.25, 0.3) is 0 Å². The molecule has 0 spiro atoms. The first-order valence-corrected chi connectivity index (χ1v) is 8.96. The van der Waals surface area contributed by atoms with Crippen molar-refractivity contribution in [3.05, 3.63) is 33.8 Å². The third kappa shape index (κ3) is 4.37. The summed E-state index contributed by atoms with van der Waals surface area (Å²) in [6, 6.07) is 5.91. The van der Waals surface area contributed by atoms with Gasteiger partial charge in [0.15, 0.2) is 0 Å². The molecular weight excluding hydrogens is 301 g/mol. The molecule has 0 bridgehead atoms. The van der Waals surface area contributed by atoms with Crippen LogP contribution in [-0.4, -0.2) is 13.1 Å². The minimum atomic E-state index is 0.0980. The lowest BCUT2D eigenvalue weighted by molar-refractivity contribution is 0.340. The Morgan fingerprint density at radius 1 is 1.05 bits per heavy atom. The molecule has 1 saturated carbocycles. The maximum atomic E-state index is 6.53. The van der Waals surface area contributed by atoms with E-state index in [4.69, 9.17) is 23.2 Å². The lowest BCUT2D eigenvalue weighted by Gasteiger charge is -2.35. The Labute approximate surface area is 139 Å². The van der Waals surface area contributed by atoms with Gasteiger partial charge in [0.2, 0.25) is 0 Å². The minimum Gasteiger partial charge on any atom is -0.316 e. The lowest BCUT2D eigenvalue weighted by atomic mass is 9.74. The van der Waals surface area contributed by atoms with Crippen LogP contribution in [0.25, 0.3) is 0 Å². The fraction of sp³-hybridized carbons (Fsp3) is 0.667. The largest absolute Gasteiger partial charge is 0.316 e. The maximum absolute atomic E-state index is 6.53. The normalized spacial score (nSPS) is 18.7. The van der Waals surface area contributed by atoms with Gasteiger partial charge in [-0.25, -0.2) is 0 Å². The first-order chi connectivity index (χ1) is 10.1. The number of hydrogen-bond donors (Lipinski definition) is 1. The first kappa shape index (κ1) is 17.1. The molecule has 1 aliphatic rings. The van der Waals surface area contributed by atoms with Gasteiger partial charge in [-0.1, -0.05) is 68.8 Å². The fourth-order valence-electron chi connectivity index (χ4n) is 3.53. The summed E-state index contributed by atoms with van der Waals surface area (Å²) in [7, 11) is 0. The second kappa shape index (κ2) is 7.85. The van der Waals surface area contributed by atoms with Crippen LogP contribution in [0.4, 0.5) is 0 Å². The zero-order valence-corrected chi connectivity index (χ0v) is 14.7. The summed E-state index contributed by atoms with van der Waals surface area (Å²) in [5.41, 5.74) is 1.27. The third-order valence-corrected chi connectivity index (χ3v) is 5.20. The van der Waals surface area contributed by atoms with Crippen molar-refractivity contribution in [1.82, 2.24) is 5.32 Å². The Morgan fingerprint density at radius 3 is 2.14 bits per heavy atom. The van der Waals surface area contributed by atoms with Crippen LogP contribution in [0.5, 0.6) is 0 Å².